The highest BCUT2D eigenvalue weighted by molar-refractivity contribution is 6.32. The van der Waals surface area contributed by atoms with Crippen molar-refractivity contribution in [3.05, 3.63) is 21.6 Å². The Hall–Kier alpha value is -1.07. The Bertz CT molecular complexity index is 370. The maximum atomic E-state index is 11.0. The first-order valence-corrected chi connectivity index (χ1v) is 4.47. The van der Waals surface area contributed by atoms with Crippen molar-refractivity contribution in [2.75, 3.05) is 11.9 Å². The highest BCUT2D eigenvalue weighted by Crippen LogP contribution is 2.15. The standard InChI is InChI=1S/C8H12ClN3O2/c1-8(2,14)4-10-5-3-11-12-7(13)6(5)9/h3,14H,4H2,1-2H3,(H2,10,12,13). The molecule has 0 atom stereocenters. The molecule has 0 amide bonds. The topological polar surface area (TPSA) is 78.0 Å². The number of H-pyrrole nitrogens is 1. The first-order valence-electron chi connectivity index (χ1n) is 4.09. The van der Waals surface area contributed by atoms with Crippen molar-refractivity contribution in [1.29, 1.82) is 0 Å². The van der Waals surface area contributed by atoms with Crippen molar-refractivity contribution in [1.82, 2.24) is 10.2 Å². The van der Waals surface area contributed by atoms with Crippen molar-refractivity contribution in [2.45, 2.75) is 19.4 Å². The smallest absolute Gasteiger partial charge is 0.285 e. The van der Waals surface area contributed by atoms with E-state index in [0.717, 1.165) is 0 Å². The van der Waals surface area contributed by atoms with Gasteiger partial charge in [-0.25, -0.2) is 5.10 Å². The Balaban J connectivity index is 2.78. The van der Waals surface area contributed by atoms with Gasteiger partial charge in [-0.2, -0.15) is 5.10 Å². The molecule has 0 radical (unpaired) electrons. The van der Waals surface area contributed by atoms with E-state index in [0.29, 0.717) is 5.69 Å². The second kappa shape index (κ2) is 3.98. The van der Waals surface area contributed by atoms with Gasteiger partial charge in [-0.3, -0.25) is 4.79 Å². The zero-order valence-corrected chi connectivity index (χ0v) is 8.72. The maximum absolute atomic E-state index is 11.0. The highest BCUT2D eigenvalue weighted by Gasteiger charge is 2.13. The SMILES string of the molecule is CC(C)(O)CNc1cn[nH]c(=O)c1Cl. The number of halogens is 1. The molecule has 0 aliphatic heterocycles. The van der Waals surface area contributed by atoms with E-state index in [1.807, 2.05) is 0 Å². The molecule has 0 bridgehead atoms. The normalized spacial score (nSPS) is 11.4. The molecule has 14 heavy (non-hydrogen) atoms. The van der Waals surface area contributed by atoms with Crippen LogP contribution >= 0.6 is 11.6 Å². The van der Waals surface area contributed by atoms with E-state index in [9.17, 15) is 9.90 Å². The predicted molar refractivity (Wildman–Crippen MR) is 54.7 cm³/mol. The summed E-state index contributed by atoms with van der Waals surface area (Å²) in [5.74, 6) is 0. The lowest BCUT2D eigenvalue weighted by atomic mass is 10.1. The van der Waals surface area contributed by atoms with Crippen LogP contribution in [0.25, 0.3) is 0 Å². The summed E-state index contributed by atoms with van der Waals surface area (Å²) in [5.41, 5.74) is -0.906. The maximum Gasteiger partial charge on any atom is 0.285 e. The fourth-order valence-corrected chi connectivity index (χ4v) is 0.976. The summed E-state index contributed by atoms with van der Waals surface area (Å²) < 4.78 is 0. The summed E-state index contributed by atoms with van der Waals surface area (Å²) in [6, 6.07) is 0. The van der Waals surface area contributed by atoms with Crippen molar-refractivity contribution < 1.29 is 5.11 Å². The lowest BCUT2D eigenvalue weighted by molar-refractivity contribution is 0.0945. The Kier molecular flexibility index (Phi) is 3.13. The third kappa shape index (κ3) is 3.01. The number of nitrogens with one attached hydrogen (secondary N) is 2. The number of hydrogen-bond donors (Lipinski definition) is 3. The third-order valence-corrected chi connectivity index (χ3v) is 1.88. The van der Waals surface area contributed by atoms with Gasteiger partial charge in [0.1, 0.15) is 5.02 Å². The quantitative estimate of drug-likeness (QED) is 0.693. The van der Waals surface area contributed by atoms with Crippen LogP contribution in [0.4, 0.5) is 5.69 Å². The van der Waals surface area contributed by atoms with Crippen LogP contribution in [0.5, 0.6) is 0 Å². The van der Waals surface area contributed by atoms with Crippen molar-refractivity contribution in [2.24, 2.45) is 0 Å². The van der Waals surface area contributed by atoms with E-state index in [2.05, 4.69) is 15.5 Å². The Morgan fingerprint density at radius 3 is 2.93 bits per heavy atom. The molecular formula is C8H12ClN3O2. The molecular weight excluding hydrogens is 206 g/mol. The second-order valence-electron chi connectivity index (χ2n) is 3.59. The van der Waals surface area contributed by atoms with Crippen molar-refractivity contribution >= 4 is 17.3 Å². The van der Waals surface area contributed by atoms with Gasteiger partial charge in [-0.15, -0.1) is 0 Å². The van der Waals surface area contributed by atoms with Crippen LogP contribution in [-0.4, -0.2) is 27.4 Å². The largest absolute Gasteiger partial charge is 0.389 e. The Morgan fingerprint density at radius 2 is 2.36 bits per heavy atom. The van der Waals surface area contributed by atoms with Crippen LogP contribution in [-0.2, 0) is 0 Å². The number of aromatic nitrogens is 2. The number of aromatic amines is 1. The predicted octanol–water partition coefficient (Wildman–Crippen LogP) is 0.606. The fraction of sp³-hybridized carbons (Fsp3) is 0.500. The van der Waals surface area contributed by atoms with E-state index in [4.69, 9.17) is 11.6 Å². The number of nitrogens with zero attached hydrogens (tertiary/aromatic N) is 1. The van der Waals surface area contributed by atoms with Gasteiger partial charge in [0.2, 0.25) is 0 Å². The van der Waals surface area contributed by atoms with Gasteiger partial charge in [0, 0.05) is 6.54 Å². The Labute approximate surface area is 86.1 Å². The van der Waals surface area contributed by atoms with Gasteiger partial charge in [0.05, 0.1) is 17.5 Å². The summed E-state index contributed by atoms with van der Waals surface area (Å²) in [5, 5.41) is 18.1. The van der Waals surface area contributed by atoms with Crippen LogP contribution in [0.1, 0.15) is 13.8 Å². The first kappa shape index (κ1) is 11.0. The van der Waals surface area contributed by atoms with Crippen LogP contribution in [0.3, 0.4) is 0 Å². The summed E-state index contributed by atoms with van der Waals surface area (Å²) in [7, 11) is 0. The number of hydrogen-bond acceptors (Lipinski definition) is 4. The van der Waals surface area contributed by atoms with E-state index in [1.165, 1.54) is 6.20 Å². The van der Waals surface area contributed by atoms with Gasteiger partial charge < -0.3 is 10.4 Å². The molecule has 3 N–H and O–H groups in total. The number of anilines is 1. The minimum atomic E-state index is -0.869. The number of rotatable bonds is 3. The van der Waals surface area contributed by atoms with Gasteiger partial charge in [-0.05, 0) is 13.8 Å². The second-order valence-corrected chi connectivity index (χ2v) is 3.97. The minimum Gasteiger partial charge on any atom is -0.389 e. The zero-order chi connectivity index (χ0) is 10.8. The van der Waals surface area contributed by atoms with E-state index in [1.54, 1.807) is 13.8 Å². The molecule has 6 heteroatoms. The van der Waals surface area contributed by atoms with E-state index < -0.39 is 11.2 Å². The molecule has 0 saturated carbocycles. The molecule has 0 aliphatic carbocycles. The molecule has 78 valence electrons. The minimum absolute atomic E-state index is 0.0456. The van der Waals surface area contributed by atoms with Gasteiger partial charge >= 0.3 is 0 Å². The molecule has 1 heterocycles. The summed E-state index contributed by atoms with van der Waals surface area (Å²) in [6.45, 7) is 3.58. The van der Waals surface area contributed by atoms with Crippen LogP contribution < -0.4 is 10.9 Å². The molecule has 1 rings (SSSR count). The average Bonchev–Trinajstić information content (AvgIpc) is 2.06. The molecule has 1 aromatic rings. The highest BCUT2D eigenvalue weighted by atomic mass is 35.5. The average molecular weight is 218 g/mol. The zero-order valence-electron chi connectivity index (χ0n) is 7.97. The summed E-state index contributed by atoms with van der Waals surface area (Å²) in [4.78, 5) is 11.0. The lowest BCUT2D eigenvalue weighted by Crippen LogP contribution is -2.30. The van der Waals surface area contributed by atoms with Gasteiger partial charge in [0.15, 0.2) is 0 Å². The molecule has 0 spiro atoms. The molecule has 1 aromatic heterocycles. The van der Waals surface area contributed by atoms with Crippen molar-refractivity contribution in [3.63, 3.8) is 0 Å². The first-order chi connectivity index (χ1) is 6.40. The van der Waals surface area contributed by atoms with E-state index >= 15 is 0 Å². The van der Waals surface area contributed by atoms with Crippen LogP contribution in [0.15, 0.2) is 11.0 Å². The summed E-state index contributed by atoms with van der Waals surface area (Å²) >= 11 is 5.69. The van der Waals surface area contributed by atoms with Crippen molar-refractivity contribution in [3.8, 4) is 0 Å². The molecule has 0 aromatic carbocycles. The molecule has 5 nitrogen and oxygen atoms in total. The van der Waals surface area contributed by atoms with E-state index in [-0.39, 0.29) is 11.6 Å². The molecule has 0 aliphatic rings. The lowest BCUT2D eigenvalue weighted by Gasteiger charge is -2.18. The third-order valence-electron chi connectivity index (χ3n) is 1.51. The van der Waals surface area contributed by atoms with Crippen LogP contribution in [0, 0.1) is 0 Å². The summed E-state index contributed by atoms with van der Waals surface area (Å²) in [6.07, 6.45) is 1.40. The Morgan fingerprint density at radius 1 is 1.71 bits per heavy atom. The molecule has 0 fully saturated rings. The number of aliphatic hydroxyl groups is 1. The van der Waals surface area contributed by atoms with Gasteiger partial charge in [-0.1, -0.05) is 11.6 Å². The van der Waals surface area contributed by atoms with Gasteiger partial charge in [0.25, 0.3) is 5.56 Å². The monoisotopic (exact) mass is 217 g/mol. The molecule has 0 saturated heterocycles. The molecule has 0 unspecified atom stereocenters. The fourth-order valence-electron chi connectivity index (χ4n) is 0.818. The van der Waals surface area contributed by atoms with Crippen LogP contribution in [0.2, 0.25) is 5.02 Å².